The van der Waals surface area contributed by atoms with Crippen molar-refractivity contribution in [3.63, 3.8) is 0 Å². The molecule has 0 saturated carbocycles. The predicted octanol–water partition coefficient (Wildman–Crippen LogP) is 4.60. The quantitative estimate of drug-likeness (QED) is 0.631. The summed E-state index contributed by atoms with van der Waals surface area (Å²) in [4.78, 5) is 11.0. The third kappa shape index (κ3) is 3.04. The molecule has 0 aromatic heterocycles. The summed E-state index contributed by atoms with van der Waals surface area (Å²) in [7, 11) is 0. The van der Waals surface area contributed by atoms with Crippen molar-refractivity contribution in [3.05, 3.63) is 47.5 Å². The first kappa shape index (κ1) is 17.7. The number of carboxylic acid groups (broad SMARTS) is 1. The van der Waals surface area contributed by atoms with Crippen LogP contribution in [0, 0.1) is 0 Å². The van der Waals surface area contributed by atoms with Crippen LogP contribution in [0.5, 0.6) is 5.75 Å². The highest BCUT2D eigenvalue weighted by Gasteiger charge is 2.61. The Morgan fingerprint density at radius 2 is 1.50 bits per heavy atom. The number of rotatable bonds is 3. The minimum atomic E-state index is -5.94. The fraction of sp³-hybridized carbons (Fsp3) is 0.188. The van der Waals surface area contributed by atoms with Gasteiger partial charge in [-0.05, 0) is 41.5 Å². The molecule has 0 amide bonds. The van der Waals surface area contributed by atoms with E-state index in [9.17, 15) is 31.9 Å². The Balaban J connectivity index is 2.76. The molecule has 2 aromatic rings. The number of fused-ring (bicyclic) bond motifs is 1. The molecule has 24 heavy (non-hydrogen) atoms. The Morgan fingerprint density at radius 1 is 0.958 bits per heavy atom. The SMILES string of the molecule is C/C(C(=O)O)=C(\c1ccc2cc(O)ccc2c1)C(F)(F)C(F)(F)F. The summed E-state index contributed by atoms with van der Waals surface area (Å²) in [6, 6.07) is 7.08. The number of carboxylic acids is 1. The van der Waals surface area contributed by atoms with Crippen LogP contribution in [0.3, 0.4) is 0 Å². The molecule has 0 aliphatic rings. The number of alkyl halides is 5. The first-order valence-corrected chi connectivity index (χ1v) is 6.57. The monoisotopic (exact) mass is 346 g/mol. The van der Waals surface area contributed by atoms with E-state index in [1.54, 1.807) is 0 Å². The molecule has 0 aliphatic carbocycles. The average molecular weight is 346 g/mol. The molecule has 0 fully saturated rings. The van der Waals surface area contributed by atoms with Gasteiger partial charge >= 0.3 is 18.1 Å². The van der Waals surface area contributed by atoms with E-state index in [1.165, 1.54) is 24.3 Å². The van der Waals surface area contributed by atoms with Gasteiger partial charge in [-0.1, -0.05) is 18.2 Å². The van der Waals surface area contributed by atoms with E-state index in [4.69, 9.17) is 5.11 Å². The minimum absolute atomic E-state index is 0.103. The van der Waals surface area contributed by atoms with Crippen molar-refractivity contribution < 1.29 is 37.0 Å². The number of halogens is 5. The highest BCUT2D eigenvalue weighted by atomic mass is 19.4. The molecule has 128 valence electrons. The first-order valence-electron chi connectivity index (χ1n) is 6.57. The van der Waals surface area contributed by atoms with Gasteiger partial charge < -0.3 is 10.2 Å². The Kier molecular flexibility index (Phi) is 4.26. The Bertz CT molecular complexity index is 837. The largest absolute Gasteiger partial charge is 0.508 e. The van der Waals surface area contributed by atoms with Crippen molar-refractivity contribution >= 4 is 22.3 Å². The Labute approximate surface area is 132 Å². The summed E-state index contributed by atoms with van der Waals surface area (Å²) in [6.45, 7) is 0.693. The van der Waals surface area contributed by atoms with Gasteiger partial charge in [-0.25, -0.2) is 4.79 Å². The van der Waals surface area contributed by atoms with Gasteiger partial charge in [-0.2, -0.15) is 22.0 Å². The molecule has 3 nitrogen and oxygen atoms in total. The van der Waals surface area contributed by atoms with E-state index in [1.807, 2.05) is 0 Å². The number of hydrogen-bond acceptors (Lipinski definition) is 2. The number of hydrogen-bond donors (Lipinski definition) is 2. The molecule has 0 atom stereocenters. The van der Waals surface area contributed by atoms with E-state index >= 15 is 0 Å². The lowest BCUT2D eigenvalue weighted by atomic mass is 9.92. The molecule has 0 heterocycles. The van der Waals surface area contributed by atoms with E-state index in [0.717, 1.165) is 12.1 Å². The highest BCUT2D eigenvalue weighted by molar-refractivity contribution is 5.99. The van der Waals surface area contributed by atoms with Crippen molar-refractivity contribution in [3.8, 4) is 5.75 Å². The van der Waals surface area contributed by atoms with Crippen LogP contribution in [0.15, 0.2) is 42.0 Å². The number of benzene rings is 2. The van der Waals surface area contributed by atoms with Crippen molar-refractivity contribution in [1.29, 1.82) is 0 Å². The second-order valence-corrected chi connectivity index (χ2v) is 5.12. The molecular weight excluding hydrogens is 335 g/mol. The molecule has 2 rings (SSSR count). The molecule has 0 aliphatic heterocycles. The Hall–Kier alpha value is -2.64. The van der Waals surface area contributed by atoms with Gasteiger partial charge in [0, 0.05) is 11.1 Å². The van der Waals surface area contributed by atoms with Gasteiger partial charge in [0.2, 0.25) is 0 Å². The third-order valence-corrected chi connectivity index (χ3v) is 3.48. The number of aromatic hydroxyl groups is 1. The third-order valence-electron chi connectivity index (χ3n) is 3.48. The number of phenols is 1. The summed E-state index contributed by atoms with van der Waals surface area (Å²) >= 11 is 0. The van der Waals surface area contributed by atoms with E-state index in [-0.39, 0.29) is 11.1 Å². The van der Waals surface area contributed by atoms with Crippen molar-refractivity contribution in [2.24, 2.45) is 0 Å². The van der Waals surface area contributed by atoms with Crippen LogP contribution in [-0.4, -0.2) is 28.3 Å². The molecule has 0 spiro atoms. The number of allylic oxidation sites excluding steroid dienone is 1. The predicted molar refractivity (Wildman–Crippen MR) is 76.8 cm³/mol. The van der Waals surface area contributed by atoms with Gasteiger partial charge in [0.25, 0.3) is 0 Å². The molecule has 0 saturated heterocycles. The van der Waals surface area contributed by atoms with Crippen molar-refractivity contribution in [2.45, 2.75) is 19.0 Å². The zero-order chi connectivity index (χ0) is 18.3. The fourth-order valence-corrected chi connectivity index (χ4v) is 2.27. The maximum Gasteiger partial charge on any atom is 0.458 e. The van der Waals surface area contributed by atoms with E-state index in [0.29, 0.717) is 12.3 Å². The topological polar surface area (TPSA) is 57.5 Å². The van der Waals surface area contributed by atoms with Crippen molar-refractivity contribution in [1.82, 2.24) is 0 Å². The standard InChI is InChI=1S/C16H11F5O3/c1-8(14(23)24)13(15(17,18)16(19,20)21)11-3-2-10-7-12(22)5-4-9(10)6-11/h2-7,22H,1H3,(H,23,24)/b13-8-. The summed E-state index contributed by atoms with van der Waals surface area (Å²) in [5, 5.41) is 18.9. The zero-order valence-corrected chi connectivity index (χ0v) is 12.2. The molecule has 0 bridgehead atoms. The van der Waals surface area contributed by atoms with Gasteiger partial charge in [-0.3, -0.25) is 0 Å². The lowest BCUT2D eigenvalue weighted by molar-refractivity contribution is -0.254. The molecule has 2 N–H and O–H groups in total. The molecular formula is C16H11F5O3. The van der Waals surface area contributed by atoms with Crippen LogP contribution in [0.25, 0.3) is 16.3 Å². The van der Waals surface area contributed by atoms with E-state index < -0.39 is 34.8 Å². The molecule has 0 radical (unpaired) electrons. The minimum Gasteiger partial charge on any atom is -0.508 e. The lowest BCUT2D eigenvalue weighted by Gasteiger charge is -2.24. The van der Waals surface area contributed by atoms with Gasteiger partial charge in [0.15, 0.2) is 0 Å². The van der Waals surface area contributed by atoms with Crippen LogP contribution >= 0.6 is 0 Å². The zero-order valence-electron chi connectivity index (χ0n) is 12.2. The van der Waals surface area contributed by atoms with Crippen LogP contribution in [-0.2, 0) is 4.79 Å². The maximum absolute atomic E-state index is 13.9. The highest BCUT2D eigenvalue weighted by Crippen LogP contribution is 2.47. The molecule has 0 unspecified atom stereocenters. The lowest BCUT2D eigenvalue weighted by Crippen LogP contribution is -2.38. The summed E-state index contributed by atoms with van der Waals surface area (Å²) in [5.41, 5.74) is -3.27. The van der Waals surface area contributed by atoms with Crippen LogP contribution in [0.4, 0.5) is 22.0 Å². The van der Waals surface area contributed by atoms with Crippen LogP contribution < -0.4 is 0 Å². The van der Waals surface area contributed by atoms with Gasteiger partial charge in [0.1, 0.15) is 5.75 Å². The van der Waals surface area contributed by atoms with Crippen LogP contribution in [0.2, 0.25) is 0 Å². The second-order valence-electron chi connectivity index (χ2n) is 5.12. The van der Waals surface area contributed by atoms with Gasteiger partial charge in [-0.15, -0.1) is 0 Å². The fourth-order valence-electron chi connectivity index (χ4n) is 2.27. The number of carbonyl (C=O) groups is 1. The van der Waals surface area contributed by atoms with Crippen LogP contribution in [0.1, 0.15) is 12.5 Å². The average Bonchev–Trinajstić information content (AvgIpc) is 2.45. The van der Waals surface area contributed by atoms with Crippen molar-refractivity contribution in [2.75, 3.05) is 0 Å². The summed E-state index contributed by atoms with van der Waals surface area (Å²) < 4.78 is 66.0. The maximum atomic E-state index is 13.9. The normalized spacial score (nSPS) is 13.8. The smallest absolute Gasteiger partial charge is 0.458 e. The number of phenolic OH excluding ortho intramolecular Hbond substituents is 1. The summed E-state index contributed by atoms with van der Waals surface area (Å²) in [6.07, 6.45) is -5.94. The van der Waals surface area contributed by atoms with E-state index in [2.05, 4.69) is 0 Å². The Morgan fingerprint density at radius 3 is 2.04 bits per heavy atom. The van der Waals surface area contributed by atoms with Gasteiger partial charge in [0.05, 0.1) is 0 Å². The first-order chi connectivity index (χ1) is 10.9. The second kappa shape index (κ2) is 5.77. The molecule has 2 aromatic carbocycles. The molecule has 8 heteroatoms. The number of aliphatic carboxylic acids is 1. The summed E-state index contributed by atoms with van der Waals surface area (Å²) in [5.74, 6) is -7.31.